The molecule has 0 bridgehead atoms. The number of aromatic hydroxyl groups is 1. The number of likely N-dealkylation sites (tertiary alicyclic amines) is 1. The number of benzene rings is 1. The molecule has 0 saturated carbocycles. The van der Waals surface area contributed by atoms with Crippen molar-refractivity contribution >= 4 is 5.95 Å². The highest BCUT2D eigenvalue weighted by Gasteiger charge is 2.31. The maximum Gasteiger partial charge on any atom is 0.416 e. The van der Waals surface area contributed by atoms with Crippen LogP contribution < -0.4 is 5.32 Å². The molecule has 2 heterocycles. The van der Waals surface area contributed by atoms with Gasteiger partial charge in [0.2, 0.25) is 5.95 Å². The van der Waals surface area contributed by atoms with E-state index in [1.165, 1.54) is 6.07 Å². The molecular formula is C19H24F3N5O2. The van der Waals surface area contributed by atoms with Gasteiger partial charge < -0.3 is 15.5 Å². The molecular weight excluding hydrogens is 387 g/mol. The second-order valence-corrected chi connectivity index (χ2v) is 7.39. The summed E-state index contributed by atoms with van der Waals surface area (Å²) in [5, 5.41) is 30.9. The molecule has 0 amide bonds. The van der Waals surface area contributed by atoms with Gasteiger partial charge in [-0.2, -0.15) is 13.2 Å². The number of alkyl halides is 3. The first kappa shape index (κ1) is 21.3. The van der Waals surface area contributed by atoms with Gasteiger partial charge in [0.25, 0.3) is 0 Å². The summed E-state index contributed by atoms with van der Waals surface area (Å²) in [6.07, 6.45) is -3.02. The summed E-state index contributed by atoms with van der Waals surface area (Å²) in [6, 6.07) is 2.83. The molecule has 7 nitrogen and oxygen atoms in total. The van der Waals surface area contributed by atoms with Crippen LogP contribution in [0.15, 0.2) is 18.2 Å². The molecule has 10 heteroatoms. The topological polar surface area (TPSA) is 94.4 Å². The van der Waals surface area contributed by atoms with Crippen LogP contribution in [0.5, 0.6) is 5.75 Å². The Bertz CT molecular complexity index is 860. The zero-order valence-corrected chi connectivity index (χ0v) is 16.2. The fourth-order valence-electron chi connectivity index (χ4n) is 3.52. The molecule has 2 aromatic rings. The normalized spacial score (nSPS) is 19.2. The number of hydrogen-bond acceptors (Lipinski definition) is 7. The van der Waals surface area contributed by atoms with Crippen LogP contribution in [0.2, 0.25) is 0 Å². The van der Waals surface area contributed by atoms with Crippen molar-refractivity contribution in [1.29, 1.82) is 0 Å². The number of aliphatic hydroxyl groups excluding tert-OH is 1. The molecule has 1 aromatic carbocycles. The summed E-state index contributed by atoms with van der Waals surface area (Å²) < 4.78 is 38.3. The number of aromatic nitrogens is 3. The number of anilines is 1. The molecule has 0 aliphatic carbocycles. The minimum Gasteiger partial charge on any atom is -0.507 e. The Morgan fingerprint density at radius 1 is 1.31 bits per heavy atom. The van der Waals surface area contributed by atoms with Crippen LogP contribution in [-0.2, 0) is 6.18 Å². The third kappa shape index (κ3) is 5.33. The number of piperidine rings is 1. The van der Waals surface area contributed by atoms with Crippen LogP contribution in [0.1, 0.15) is 31.0 Å². The highest BCUT2D eigenvalue weighted by molar-refractivity contribution is 5.69. The van der Waals surface area contributed by atoms with Gasteiger partial charge in [-0.15, -0.1) is 10.2 Å². The number of phenols is 1. The zero-order valence-electron chi connectivity index (χ0n) is 16.2. The van der Waals surface area contributed by atoms with Crippen molar-refractivity contribution in [2.24, 2.45) is 0 Å². The average molecular weight is 411 g/mol. The first-order chi connectivity index (χ1) is 13.6. The number of hydrogen-bond donors (Lipinski definition) is 3. The van der Waals surface area contributed by atoms with E-state index in [-0.39, 0.29) is 17.3 Å². The number of β-amino-alcohol motifs (C(OH)–C–C–N with tert-alkyl or cyclic N) is 1. The second kappa shape index (κ2) is 8.50. The Morgan fingerprint density at radius 2 is 2.07 bits per heavy atom. The smallest absolute Gasteiger partial charge is 0.416 e. The lowest BCUT2D eigenvalue weighted by atomic mass is 10.1. The first-order valence-corrected chi connectivity index (χ1v) is 9.42. The summed E-state index contributed by atoms with van der Waals surface area (Å²) in [6.45, 7) is 5.68. The molecule has 0 unspecified atom stereocenters. The number of aryl methyl sites for hydroxylation is 1. The lowest BCUT2D eigenvalue weighted by Crippen LogP contribution is -2.44. The van der Waals surface area contributed by atoms with Gasteiger partial charge in [0.05, 0.1) is 17.4 Å². The zero-order chi connectivity index (χ0) is 21.2. The molecule has 0 spiro atoms. The van der Waals surface area contributed by atoms with Gasteiger partial charge >= 0.3 is 6.18 Å². The van der Waals surface area contributed by atoms with Crippen molar-refractivity contribution in [1.82, 2.24) is 20.1 Å². The predicted molar refractivity (Wildman–Crippen MR) is 101 cm³/mol. The number of aliphatic hydroxyl groups is 1. The van der Waals surface area contributed by atoms with E-state index in [4.69, 9.17) is 0 Å². The predicted octanol–water partition coefficient (Wildman–Crippen LogP) is 2.83. The molecule has 2 atom stereocenters. The van der Waals surface area contributed by atoms with Crippen molar-refractivity contribution in [3.05, 3.63) is 29.5 Å². The molecule has 0 radical (unpaired) electrons. The second-order valence-electron chi connectivity index (χ2n) is 7.39. The van der Waals surface area contributed by atoms with E-state index in [1.54, 1.807) is 13.8 Å². The quantitative estimate of drug-likeness (QED) is 0.697. The lowest BCUT2D eigenvalue weighted by molar-refractivity contribution is -0.137. The monoisotopic (exact) mass is 411 g/mol. The van der Waals surface area contributed by atoms with Gasteiger partial charge in [-0.05, 0) is 51.4 Å². The van der Waals surface area contributed by atoms with Crippen LogP contribution in [0.25, 0.3) is 11.3 Å². The van der Waals surface area contributed by atoms with E-state index in [2.05, 4.69) is 25.4 Å². The highest BCUT2D eigenvalue weighted by atomic mass is 19.4. The molecule has 1 aliphatic rings. The summed E-state index contributed by atoms with van der Waals surface area (Å²) in [4.78, 5) is 6.52. The fourth-order valence-corrected chi connectivity index (χ4v) is 3.52. The van der Waals surface area contributed by atoms with Gasteiger partial charge in [-0.3, -0.25) is 4.90 Å². The Balaban J connectivity index is 1.74. The Morgan fingerprint density at radius 3 is 2.69 bits per heavy atom. The van der Waals surface area contributed by atoms with E-state index in [9.17, 15) is 23.4 Å². The highest BCUT2D eigenvalue weighted by Crippen LogP contribution is 2.36. The van der Waals surface area contributed by atoms with Crippen molar-refractivity contribution < 1.29 is 23.4 Å². The first-order valence-electron chi connectivity index (χ1n) is 9.42. The molecule has 3 N–H and O–H groups in total. The number of halogens is 3. The van der Waals surface area contributed by atoms with Crippen molar-refractivity contribution in [2.75, 3.05) is 25.0 Å². The third-order valence-electron chi connectivity index (χ3n) is 4.80. The molecule has 1 saturated heterocycles. The maximum atomic E-state index is 12.8. The Labute approximate surface area is 166 Å². The SMILES string of the molecule is Cc1nc(N[C@@H]2CCCN(C[C@H](C)O)C2)nnc1-c1ccc(C(F)(F)F)cc1O. The maximum absolute atomic E-state index is 12.8. The standard InChI is InChI=1S/C19H24F3N5O2/c1-11(28)9-27-7-3-4-14(10-27)24-18-23-12(2)17(25-26-18)15-6-5-13(8-16(15)29)19(20,21)22/h5-6,8,11,14,28-29H,3-4,7,9-10H2,1-2H3,(H,23,24,26)/t11-,14+/m0/s1. The summed E-state index contributed by atoms with van der Waals surface area (Å²) >= 11 is 0. The fraction of sp³-hybridized carbons (Fsp3) is 0.526. The van der Waals surface area contributed by atoms with Gasteiger partial charge in [0.1, 0.15) is 11.4 Å². The number of nitrogens with zero attached hydrogens (tertiary/aromatic N) is 4. The van der Waals surface area contributed by atoms with Crippen LogP contribution in [0.4, 0.5) is 19.1 Å². The van der Waals surface area contributed by atoms with Gasteiger partial charge in [-0.25, -0.2) is 4.98 Å². The number of rotatable bonds is 5. The van der Waals surface area contributed by atoms with Gasteiger partial charge in [0, 0.05) is 24.7 Å². The van der Waals surface area contributed by atoms with Crippen molar-refractivity contribution in [2.45, 2.75) is 45.0 Å². The molecule has 29 heavy (non-hydrogen) atoms. The Hall–Kier alpha value is -2.46. The molecule has 3 rings (SSSR count). The van der Waals surface area contributed by atoms with Crippen LogP contribution >= 0.6 is 0 Å². The van der Waals surface area contributed by atoms with Gasteiger partial charge in [0.15, 0.2) is 0 Å². The van der Waals surface area contributed by atoms with E-state index < -0.39 is 23.6 Å². The number of phenolic OH excluding ortho intramolecular Hbond substituents is 1. The van der Waals surface area contributed by atoms with E-state index in [0.717, 1.165) is 32.0 Å². The minimum absolute atomic E-state index is 0.106. The largest absolute Gasteiger partial charge is 0.507 e. The third-order valence-corrected chi connectivity index (χ3v) is 4.80. The number of nitrogens with one attached hydrogen (secondary N) is 1. The summed E-state index contributed by atoms with van der Waals surface area (Å²) in [5.41, 5.74) is -0.132. The Kier molecular flexibility index (Phi) is 6.23. The molecule has 1 aromatic heterocycles. The van der Waals surface area contributed by atoms with Crippen molar-refractivity contribution in [3.8, 4) is 17.0 Å². The lowest BCUT2D eigenvalue weighted by Gasteiger charge is -2.33. The molecule has 1 aliphatic heterocycles. The van der Waals surface area contributed by atoms with Crippen LogP contribution in [0.3, 0.4) is 0 Å². The van der Waals surface area contributed by atoms with Crippen LogP contribution in [0, 0.1) is 6.92 Å². The minimum atomic E-state index is -4.54. The summed E-state index contributed by atoms with van der Waals surface area (Å²) in [5.74, 6) is -0.206. The average Bonchev–Trinajstić information content (AvgIpc) is 2.61. The van der Waals surface area contributed by atoms with Gasteiger partial charge in [-0.1, -0.05) is 0 Å². The molecule has 158 valence electrons. The van der Waals surface area contributed by atoms with E-state index >= 15 is 0 Å². The van der Waals surface area contributed by atoms with E-state index in [1.807, 2.05) is 0 Å². The molecule has 1 fully saturated rings. The van der Waals surface area contributed by atoms with Crippen LogP contribution in [-0.4, -0.2) is 62.1 Å². The summed E-state index contributed by atoms with van der Waals surface area (Å²) in [7, 11) is 0. The van der Waals surface area contributed by atoms with E-state index in [0.29, 0.717) is 24.3 Å². The van der Waals surface area contributed by atoms with Crippen molar-refractivity contribution in [3.63, 3.8) is 0 Å².